The first-order valence-corrected chi connectivity index (χ1v) is 7.83. The first-order chi connectivity index (χ1) is 9.70. The van der Waals surface area contributed by atoms with Crippen LogP contribution in [0.2, 0.25) is 0 Å². The highest BCUT2D eigenvalue weighted by molar-refractivity contribution is 7.09. The first kappa shape index (κ1) is 15.2. The van der Waals surface area contributed by atoms with E-state index in [4.69, 9.17) is 5.73 Å². The topological polar surface area (TPSA) is 29.3 Å². The minimum Gasteiger partial charge on any atom is -0.324 e. The zero-order valence-corrected chi connectivity index (χ0v) is 12.6. The molecule has 1 aromatic carbocycles. The molecule has 1 unspecified atom stereocenters. The normalized spacial score (nSPS) is 12.8. The van der Waals surface area contributed by atoms with Gasteiger partial charge >= 0.3 is 0 Å². The molecule has 2 N–H and O–H groups in total. The highest BCUT2D eigenvalue weighted by atomic mass is 32.1. The first-order valence-electron chi connectivity index (χ1n) is 6.95. The molecule has 0 aliphatic carbocycles. The van der Waals surface area contributed by atoms with Gasteiger partial charge in [0.25, 0.3) is 0 Å². The fraction of sp³-hybridized carbons (Fsp3) is 0.375. The largest absolute Gasteiger partial charge is 0.324 e. The summed E-state index contributed by atoms with van der Waals surface area (Å²) in [7, 11) is 0. The van der Waals surface area contributed by atoms with E-state index in [1.54, 1.807) is 23.5 Å². The van der Waals surface area contributed by atoms with Gasteiger partial charge in [-0.1, -0.05) is 31.2 Å². The molecule has 2 aromatic rings. The standard InChI is InChI=1S/C16H21FN2S/c1-2-19(12-13-6-5-11-20-13)10-9-16(18)14-7-3-4-8-15(14)17/h3-8,11,16H,2,9-10,12,18H2,1H3. The van der Waals surface area contributed by atoms with Gasteiger partial charge in [0, 0.05) is 29.6 Å². The summed E-state index contributed by atoms with van der Waals surface area (Å²) in [4.78, 5) is 3.69. The zero-order valence-electron chi connectivity index (χ0n) is 11.8. The van der Waals surface area contributed by atoms with Crippen molar-refractivity contribution < 1.29 is 4.39 Å². The summed E-state index contributed by atoms with van der Waals surface area (Å²) in [5.41, 5.74) is 6.72. The third kappa shape index (κ3) is 4.13. The van der Waals surface area contributed by atoms with E-state index in [1.165, 1.54) is 10.9 Å². The Labute approximate surface area is 124 Å². The Morgan fingerprint density at radius 1 is 1.25 bits per heavy atom. The molecule has 1 aromatic heterocycles. The lowest BCUT2D eigenvalue weighted by Gasteiger charge is -2.22. The predicted octanol–water partition coefficient (Wildman–Crippen LogP) is 3.80. The molecule has 0 aliphatic heterocycles. The molecular formula is C16H21FN2S. The average Bonchev–Trinajstić information content (AvgIpc) is 2.96. The number of nitrogens with zero attached hydrogens (tertiary/aromatic N) is 1. The van der Waals surface area contributed by atoms with Crippen molar-refractivity contribution in [2.75, 3.05) is 13.1 Å². The van der Waals surface area contributed by atoms with Gasteiger partial charge in [0.1, 0.15) is 5.82 Å². The summed E-state index contributed by atoms with van der Waals surface area (Å²) in [5.74, 6) is -0.207. The SMILES string of the molecule is CCN(CCC(N)c1ccccc1F)Cc1cccs1. The van der Waals surface area contributed by atoms with Gasteiger partial charge in [-0.15, -0.1) is 11.3 Å². The van der Waals surface area contributed by atoms with E-state index in [0.29, 0.717) is 5.56 Å². The number of rotatable bonds is 7. The number of nitrogens with two attached hydrogens (primary N) is 1. The zero-order chi connectivity index (χ0) is 14.4. The van der Waals surface area contributed by atoms with Crippen molar-refractivity contribution in [1.29, 1.82) is 0 Å². The van der Waals surface area contributed by atoms with Crippen molar-refractivity contribution in [2.45, 2.75) is 25.9 Å². The third-order valence-corrected chi connectivity index (χ3v) is 4.33. The summed E-state index contributed by atoms with van der Waals surface area (Å²) in [5, 5.41) is 2.09. The van der Waals surface area contributed by atoms with Crippen LogP contribution in [0.3, 0.4) is 0 Å². The summed E-state index contributed by atoms with van der Waals surface area (Å²) >= 11 is 1.77. The van der Waals surface area contributed by atoms with Crippen LogP contribution < -0.4 is 5.73 Å². The van der Waals surface area contributed by atoms with Crippen molar-refractivity contribution in [3.63, 3.8) is 0 Å². The minimum absolute atomic E-state index is 0.207. The van der Waals surface area contributed by atoms with Gasteiger partial charge in [0.2, 0.25) is 0 Å². The number of hydrogen-bond acceptors (Lipinski definition) is 3. The van der Waals surface area contributed by atoms with Crippen LogP contribution in [0.5, 0.6) is 0 Å². The van der Waals surface area contributed by atoms with E-state index in [2.05, 4.69) is 29.3 Å². The molecule has 0 radical (unpaired) electrons. The van der Waals surface area contributed by atoms with Crippen LogP contribution in [0.25, 0.3) is 0 Å². The van der Waals surface area contributed by atoms with Gasteiger partial charge in [0.05, 0.1) is 0 Å². The molecular weight excluding hydrogens is 271 g/mol. The lowest BCUT2D eigenvalue weighted by Crippen LogP contribution is -2.27. The summed E-state index contributed by atoms with van der Waals surface area (Å²) in [6, 6.07) is 10.7. The minimum atomic E-state index is -0.242. The van der Waals surface area contributed by atoms with E-state index < -0.39 is 0 Å². The molecule has 0 amide bonds. The van der Waals surface area contributed by atoms with Crippen molar-refractivity contribution in [3.05, 3.63) is 58.0 Å². The number of benzene rings is 1. The van der Waals surface area contributed by atoms with Gasteiger partial charge in [-0.3, -0.25) is 4.90 Å². The van der Waals surface area contributed by atoms with Crippen molar-refractivity contribution in [3.8, 4) is 0 Å². The third-order valence-electron chi connectivity index (χ3n) is 3.47. The molecule has 2 nitrogen and oxygen atoms in total. The second kappa shape index (κ2) is 7.53. The smallest absolute Gasteiger partial charge is 0.127 e. The second-order valence-electron chi connectivity index (χ2n) is 4.86. The molecule has 2 rings (SSSR count). The Balaban J connectivity index is 1.88. The van der Waals surface area contributed by atoms with Gasteiger partial charge in [0.15, 0.2) is 0 Å². The van der Waals surface area contributed by atoms with Crippen LogP contribution in [0.1, 0.15) is 29.8 Å². The van der Waals surface area contributed by atoms with E-state index in [-0.39, 0.29) is 11.9 Å². The molecule has 108 valence electrons. The molecule has 0 fully saturated rings. The van der Waals surface area contributed by atoms with E-state index in [0.717, 1.165) is 26.1 Å². The maximum Gasteiger partial charge on any atom is 0.127 e. The molecule has 0 spiro atoms. The monoisotopic (exact) mass is 292 g/mol. The predicted molar refractivity (Wildman–Crippen MR) is 83.2 cm³/mol. The summed E-state index contributed by atoms with van der Waals surface area (Å²) in [6.45, 7) is 4.94. The molecule has 1 heterocycles. The fourth-order valence-corrected chi connectivity index (χ4v) is 2.97. The molecule has 1 atom stereocenters. The van der Waals surface area contributed by atoms with Gasteiger partial charge in [-0.2, -0.15) is 0 Å². The van der Waals surface area contributed by atoms with Crippen LogP contribution >= 0.6 is 11.3 Å². The van der Waals surface area contributed by atoms with Crippen LogP contribution in [-0.2, 0) is 6.54 Å². The Kier molecular flexibility index (Phi) is 5.71. The lowest BCUT2D eigenvalue weighted by molar-refractivity contribution is 0.270. The molecule has 0 bridgehead atoms. The van der Waals surface area contributed by atoms with Crippen molar-refractivity contribution in [2.24, 2.45) is 5.73 Å². The number of thiophene rings is 1. The number of halogens is 1. The quantitative estimate of drug-likeness (QED) is 0.841. The highest BCUT2D eigenvalue weighted by Gasteiger charge is 2.12. The molecule has 20 heavy (non-hydrogen) atoms. The fourth-order valence-electron chi connectivity index (χ4n) is 2.22. The Morgan fingerprint density at radius 3 is 2.70 bits per heavy atom. The van der Waals surface area contributed by atoms with Crippen LogP contribution in [0, 0.1) is 5.82 Å². The van der Waals surface area contributed by atoms with Crippen LogP contribution in [-0.4, -0.2) is 18.0 Å². The molecule has 0 saturated heterocycles. The van der Waals surface area contributed by atoms with Gasteiger partial charge in [-0.25, -0.2) is 4.39 Å². The van der Waals surface area contributed by atoms with Crippen molar-refractivity contribution >= 4 is 11.3 Å². The Hall–Kier alpha value is -1.23. The number of hydrogen-bond donors (Lipinski definition) is 1. The van der Waals surface area contributed by atoms with Crippen LogP contribution in [0.15, 0.2) is 41.8 Å². The van der Waals surface area contributed by atoms with Gasteiger partial charge in [-0.05, 0) is 30.5 Å². The second-order valence-corrected chi connectivity index (χ2v) is 5.90. The Bertz CT molecular complexity index is 513. The maximum absolute atomic E-state index is 13.7. The van der Waals surface area contributed by atoms with E-state index in [9.17, 15) is 4.39 Å². The maximum atomic E-state index is 13.7. The van der Waals surface area contributed by atoms with Crippen molar-refractivity contribution in [1.82, 2.24) is 4.90 Å². The average molecular weight is 292 g/mol. The summed E-state index contributed by atoms with van der Waals surface area (Å²) < 4.78 is 13.7. The van der Waals surface area contributed by atoms with Gasteiger partial charge < -0.3 is 5.73 Å². The lowest BCUT2D eigenvalue weighted by atomic mass is 10.0. The van der Waals surface area contributed by atoms with E-state index >= 15 is 0 Å². The Morgan fingerprint density at radius 2 is 2.05 bits per heavy atom. The molecule has 0 saturated carbocycles. The van der Waals surface area contributed by atoms with Crippen LogP contribution in [0.4, 0.5) is 4.39 Å². The molecule has 4 heteroatoms. The summed E-state index contributed by atoms with van der Waals surface area (Å²) in [6.07, 6.45) is 0.764. The molecule has 0 aliphatic rings. The highest BCUT2D eigenvalue weighted by Crippen LogP contribution is 2.19. The van der Waals surface area contributed by atoms with E-state index in [1.807, 2.05) is 6.07 Å².